The van der Waals surface area contributed by atoms with Crippen LogP contribution in [0.25, 0.3) is 0 Å². The zero-order valence-corrected chi connectivity index (χ0v) is 17.2. The van der Waals surface area contributed by atoms with Crippen molar-refractivity contribution in [3.05, 3.63) is 41.6 Å². The van der Waals surface area contributed by atoms with Crippen LogP contribution in [0.2, 0.25) is 0 Å². The van der Waals surface area contributed by atoms with Crippen molar-refractivity contribution in [2.24, 2.45) is 5.92 Å². The maximum Gasteiger partial charge on any atom is 0.229 e. The maximum absolute atomic E-state index is 9.14. The molecule has 1 aromatic heterocycles. The molecular formula is C23H30N6. The fourth-order valence-electron chi connectivity index (χ4n) is 3.89. The molecule has 0 amide bonds. The summed E-state index contributed by atoms with van der Waals surface area (Å²) >= 11 is 0. The van der Waals surface area contributed by atoms with Gasteiger partial charge in [0.2, 0.25) is 5.95 Å². The number of rotatable bonds is 8. The van der Waals surface area contributed by atoms with Gasteiger partial charge in [-0.1, -0.05) is 19.4 Å². The second-order valence-electron chi connectivity index (χ2n) is 8.25. The first kappa shape index (κ1) is 19.7. The van der Waals surface area contributed by atoms with Crippen LogP contribution in [0, 0.1) is 17.2 Å². The number of anilines is 3. The summed E-state index contributed by atoms with van der Waals surface area (Å²) in [6, 6.07) is 12.3. The Morgan fingerprint density at radius 3 is 2.90 bits per heavy atom. The molecule has 1 unspecified atom stereocenters. The Balaban J connectivity index is 1.51. The first-order valence-corrected chi connectivity index (χ1v) is 10.9. The van der Waals surface area contributed by atoms with Gasteiger partial charge >= 0.3 is 0 Å². The summed E-state index contributed by atoms with van der Waals surface area (Å²) in [6.07, 6.45) is 7.17. The van der Waals surface area contributed by atoms with Gasteiger partial charge in [-0.2, -0.15) is 10.2 Å². The van der Waals surface area contributed by atoms with E-state index in [2.05, 4.69) is 34.6 Å². The van der Waals surface area contributed by atoms with Gasteiger partial charge in [-0.25, -0.2) is 4.98 Å². The van der Waals surface area contributed by atoms with E-state index in [1.807, 2.05) is 18.2 Å². The Hall–Kier alpha value is -2.65. The molecule has 0 bridgehead atoms. The summed E-state index contributed by atoms with van der Waals surface area (Å²) in [5.74, 6) is 2.51. The van der Waals surface area contributed by atoms with Crippen LogP contribution in [0.15, 0.2) is 30.3 Å². The van der Waals surface area contributed by atoms with E-state index in [1.165, 1.54) is 25.7 Å². The van der Waals surface area contributed by atoms with E-state index in [9.17, 15) is 0 Å². The highest BCUT2D eigenvalue weighted by molar-refractivity contribution is 5.58. The Kier molecular flexibility index (Phi) is 6.26. The average Bonchev–Trinajstić information content (AvgIpc) is 3.57. The van der Waals surface area contributed by atoms with Gasteiger partial charge in [0.1, 0.15) is 5.82 Å². The molecule has 4 rings (SSSR count). The Morgan fingerprint density at radius 1 is 1.21 bits per heavy atom. The van der Waals surface area contributed by atoms with E-state index in [-0.39, 0.29) is 0 Å². The maximum atomic E-state index is 9.14. The monoisotopic (exact) mass is 390 g/mol. The van der Waals surface area contributed by atoms with E-state index in [0.717, 1.165) is 55.6 Å². The fourth-order valence-corrected chi connectivity index (χ4v) is 3.89. The lowest BCUT2D eigenvalue weighted by Crippen LogP contribution is -2.46. The van der Waals surface area contributed by atoms with Gasteiger partial charge in [0.15, 0.2) is 0 Å². The van der Waals surface area contributed by atoms with Crippen LogP contribution in [-0.2, 0) is 6.42 Å². The van der Waals surface area contributed by atoms with Crippen LogP contribution in [0.1, 0.15) is 50.3 Å². The standard InChI is InChI=1S/C23H30N6/c1-2-5-19-13-22(29-11-4-8-21(16-29)25-15-17-9-10-17)28-23(26-19)27-20-7-3-6-18(12-20)14-24/h3,6-7,12-13,17,21,25H,2,4-5,8-11,15-16H2,1H3,(H,26,27,28). The van der Waals surface area contributed by atoms with Gasteiger partial charge in [0.05, 0.1) is 11.6 Å². The molecule has 1 atom stereocenters. The third-order valence-electron chi connectivity index (χ3n) is 5.66. The van der Waals surface area contributed by atoms with Gasteiger partial charge in [0.25, 0.3) is 0 Å². The summed E-state index contributed by atoms with van der Waals surface area (Å²) in [5.41, 5.74) is 2.52. The Labute approximate surface area is 173 Å². The zero-order valence-electron chi connectivity index (χ0n) is 17.2. The van der Waals surface area contributed by atoms with Gasteiger partial charge < -0.3 is 15.5 Å². The molecule has 6 nitrogen and oxygen atoms in total. The summed E-state index contributed by atoms with van der Waals surface area (Å²) in [7, 11) is 0. The van der Waals surface area contributed by atoms with Gasteiger partial charge in [-0.05, 0) is 62.8 Å². The number of hydrogen-bond acceptors (Lipinski definition) is 6. The predicted molar refractivity (Wildman–Crippen MR) is 116 cm³/mol. The summed E-state index contributed by atoms with van der Waals surface area (Å²) in [5, 5.41) is 16.2. The van der Waals surface area contributed by atoms with Crippen molar-refractivity contribution in [3.63, 3.8) is 0 Å². The van der Waals surface area contributed by atoms with Crippen molar-refractivity contribution in [2.75, 3.05) is 29.9 Å². The number of benzene rings is 1. The predicted octanol–water partition coefficient (Wildman–Crippen LogP) is 4.01. The van der Waals surface area contributed by atoms with Crippen LogP contribution in [-0.4, -0.2) is 35.6 Å². The van der Waals surface area contributed by atoms with Crippen LogP contribution in [0.3, 0.4) is 0 Å². The van der Waals surface area contributed by atoms with Gasteiger partial charge in [-0.15, -0.1) is 0 Å². The number of piperidine rings is 1. The van der Waals surface area contributed by atoms with Crippen molar-refractivity contribution in [2.45, 2.75) is 51.5 Å². The van der Waals surface area contributed by atoms with Gasteiger partial charge in [0, 0.05) is 36.6 Å². The van der Waals surface area contributed by atoms with Crippen molar-refractivity contribution in [3.8, 4) is 6.07 Å². The topological polar surface area (TPSA) is 76.9 Å². The molecule has 1 aliphatic carbocycles. The molecule has 6 heteroatoms. The molecule has 152 valence electrons. The van der Waals surface area contributed by atoms with Crippen molar-refractivity contribution in [1.29, 1.82) is 5.26 Å². The first-order valence-electron chi connectivity index (χ1n) is 10.9. The third-order valence-corrected chi connectivity index (χ3v) is 5.66. The SMILES string of the molecule is CCCc1cc(N2CCCC(NCC3CC3)C2)nc(Nc2cccc(C#N)c2)n1. The lowest BCUT2D eigenvalue weighted by molar-refractivity contribution is 0.414. The number of aromatic nitrogens is 2. The minimum atomic E-state index is 0.539. The molecule has 1 aliphatic heterocycles. The number of aryl methyl sites for hydroxylation is 1. The van der Waals surface area contributed by atoms with E-state index in [1.54, 1.807) is 6.07 Å². The van der Waals surface area contributed by atoms with E-state index in [4.69, 9.17) is 15.2 Å². The van der Waals surface area contributed by atoms with Crippen LogP contribution >= 0.6 is 0 Å². The van der Waals surface area contributed by atoms with Crippen LogP contribution < -0.4 is 15.5 Å². The van der Waals surface area contributed by atoms with Crippen molar-refractivity contribution in [1.82, 2.24) is 15.3 Å². The van der Waals surface area contributed by atoms with E-state index >= 15 is 0 Å². The molecule has 2 heterocycles. The summed E-state index contributed by atoms with van der Waals surface area (Å²) in [6.45, 7) is 5.36. The average molecular weight is 391 g/mol. The highest BCUT2D eigenvalue weighted by Gasteiger charge is 2.25. The molecule has 29 heavy (non-hydrogen) atoms. The molecule has 2 N–H and O–H groups in total. The van der Waals surface area contributed by atoms with Crippen molar-refractivity contribution < 1.29 is 0 Å². The second-order valence-corrected chi connectivity index (χ2v) is 8.25. The third kappa shape index (κ3) is 5.45. The highest BCUT2D eigenvalue weighted by Crippen LogP contribution is 2.28. The minimum Gasteiger partial charge on any atom is -0.355 e. The smallest absolute Gasteiger partial charge is 0.229 e. The molecule has 1 saturated heterocycles. The zero-order chi connectivity index (χ0) is 20.1. The summed E-state index contributed by atoms with van der Waals surface area (Å²) in [4.78, 5) is 11.9. The molecule has 2 aliphatic rings. The second kappa shape index (κ2) is 9.23. The highest BCUT2D eigenvalue weighted by atomic mass is 15.2. The molecule has 1 saturated carbocycles. The first-order chi connectivity index (χ1) is 14.2. The van der Waals surface area contributed by atoms with Crippen molar-refractivity contribution >= 4 is 17.5 Å². The Morgan fingerprint density at radius 2 is 2.10 bits per heavy atom. The molecule has 2 fully saturated rings. The van der Waals surface area contributed by atoms with Crippen LogP contribution in [0.5, 0.6) is 0 Å². The van der Waals surface area contributed by atoms with E-state index in [0.29, 0.717) is 17.6 Å². The lowest BCUT2D eigenvalue weighted by atomic mass is 10.1. The lowest BCUT2D eigenvalue weighted by Gasteiger charge is -2.34. The number of nitrogens with one attached hydrogen (secondary N) is 2. The molecule has 1 aromatic carbocycles. The Bertz CT molecular complexity index is 870. The number of hydrogen-bond donors (Lipinski definition) is 2. The fraction of sp³-hybridized carbons (Fsp3) is 0.522. The molecule has 0 radical (unpaired) electrons. The largest absolute Gasteiger partial charge is 0.355 e. The number of nitriles is 1. The molecular weight excluding hydrogens is 360 g/mol. The minimum absolute atomic E-state index is 0.539. The number of nitrogens with zero attached hydrogens (tertiary/aromatic N) is 4. The normalized spacial score (nSPS) is 19.0. The summed E-state index contributed by atoms with van der Waals surface area (Å²) < 4.78 is 0. The molecule has 0 spiro atoms. The quantitative estimate of drug-likeness (QED) is 0.709. The van der Waals surface area contributed by atoms with Gasteiger partial charge in [-0.3, -0.25) is 0 Å². The van der Waals surface area contributed by atoms with E-state index < -0.39 is 0 Å². The molecule has 2 aromatic rings. The van der Waals surface area contributed by atoms with Crippen LogP contribution in [0.4, 0.5) is 17.5 Å².